The van der Waals surface area contributed by atoms with Crippen molar-refractivity contribution in [2.24, 2.45) is 5.73 Å². The summed E-state index contributed by atoms with van der Waals surface area (Å²) in [6.45, 7) is 4.34. The van der Waals surface area contributed by atoms with Gasteiger partial charge in [-0.15, -0.1) is 10.2 Å². The molecule has 1 aliphatic carbocycles. The van der Waals surface area contributed by atoms with Crippen LogP contribution in [0.15, 0.2) is 35.5 Å². The number of carbonyl (C=O) groups is 2. The van der Waals surface area contributed by atoms with Gasteiger partial charge in [-0.2, -0.15) is 5.10 Å². The quantitative estimate of drug-likeness (QED) is 0.494. The number of thioether (sulfide) groups is 1. The smallest absolute Gasteiger partial charge is 0.236 e. The maximum atomic E-state index is 12.7. The molecule has 2 heterocycles. The van der Waals surface area contributed by atoms with Gasteiger partial charge >= 0.3 is 0 Å². The fourth-order valence-electron chi connectivity index (χ4n) is 3.26. The van der Waals surface area contributed by atoms with Crippen LogP contribution in [0, 0.1) is 13.8 Å². The number of nitrogens with two attached hydrogens (primary N) is 1. The molecule has 0 spiro atoms. The van der Waals surface area contributed by atoms with Gasteiger partial charge in [0, 0.05) is 24.9 Å². The molecule has 1 saturated carbocycles. The Bertz CT molecular complexity index is 1100. The monoisotopic (exact) mass is 439 g/mol. The van der Waals surface area contributed by atoms with E-state index < -0.39 is 0 Å². The van der Waals surface area contributed by atoms with E-state index in [9.17, 15) is 9.59 Å². The van der Waals surface area contributed by atoms with Crippen LogP contribution in [0.3, 0.4) is 0 Å². The van der Waals surface area contributed by atoms with E-state index in [0.717, 1.165) is 35.6 Å². The highest BCUT2D eigenvalue weighted by Crippen LogP contribution is 2.40. The number of rotatable bonds is 9. The van der Waals surface area contributed by atoms with Gasteiger partial charge in [0.05, 0.1) is 17.1 Å². The first kappa shape index (κ1) is 21.1. The summed E-state index contributed by atoms with van der Waals surface area (Å²) in [6.07, 6.45) is 2.36. The molecule has 10 heteroatoms. The van der Waals surface area contributed by atoms with Gasteiger partial charge in [0.25, 0.3) is 0 Å². The maximum absolute atomic E-state index is 12.7. The molecule has 2 aromatic heterocycles. The molecular formula is C21H25N7O2S. The van der Waals surface area contributed by atoms with Crippen molar-refractivity contribution < 1.29 is 9.59 Å². The summed E-state index contributed by atoms with van der Waals surface area (Å²) in [7, 11) is 0. The van der Waals surface area contributed by atoms with Crippen LogP contribution >= 0.6 is 11.8 Å². The highest BCUT2D eigenvalue weighted by atomic mass is 32.2. The number of carbonyl (C=O) groups excluding carboxylic acids is 2. The molecule has 0 bridgehead atoms. The minimum absolute atomic E-state index is 0.164. The van der Waals surface area contributed by atoms with Gasteiger partial charge < -0.3 is 15.6 Å². The Balaban J connectivity index is 1.44. The third kappa shape index (κ3) is 5.13. The van der Waals surface area contributed by atoms with Crippen molar-refractivity contribution in [1.29, 1.82) is 0 Å². The lowest BCUT2D eigenvalue weighted by Crippen LogP contribution is -2.18. The number of anilines is 1. The molecule has 1 aliphatic rings. The molecule has 3 aromatic rings. The number of nitrogens with one attached hydrogen (secondary N) is 1. The van der Waals surface area contributed by atoms with E-state index in [1.54, 1.807) is 4.68 Å². The van der Waals surface area contributed by atoms with Gasteiger partial charge in [0.1, 0.15) is 11.6 Å². The van der Waals surface area contributed by atoms with E-state index in [-0.39, 0.29) is 24.0 Å². The molecule has 0 unspecified atom stereocenters. The van der Waals surface area contributed by atoms with E-state index in [4.69, 9.17) is 5.73 Å². The summed E-state index contributed by atoms with van der Waals surface area (Å²) in [4.78, 5) is 23.9. The molecule has 0 saturated heterocycles. The molecule has 31 heavy (non-hydrogen) atoms. The van der Waals surface area contributed by atoms with Gasteiger partial charge in [0.2, 0.25) is 11.8 Å². The molecule has 3 N–H and O–H groups in total. The first-order chi connectivity index (χ1) is 14.9. The first-order valence-electron chi connectivity index (χ1n) is 10.2. The number of primary amides is 1. The molecule has 1 fully saturated rings. The van der Waals surface area contributed by atoms with Gasteiger partial charge in [-0.3, -0.25) is 9.59 Å². The number of hydrogen-bond acceptors (Lipinski definition) is 6. The molecule has 9 nitrogen and oxygen atoms in total. The molecule has 1 aromatic carbocycles. The van der Waals surface area contributed by atoms with Crippen LogP contribution in [0.25, 0.3) is 5.69 Å². The highest BCUT2D eigenvalue weighted by Gasteiger charge is 2.30. The number of amides is 2. The predicted octanol–water partition coefficient (Wildman–Crippen LogP) is 2.56. The number of aryl methyl sites for hydroxylation is 2. The molecule has 0 atom stereocenters. The average Bonchev–Trinajstić information content (AvgIpc) is 3.39. The van der Waals surface area contributed by atoms with E-state index in [2.05, 4.69) is 20.6 Å². The second-order valence-electron chi connectivity index (χ2n) is 7.74. The van der Waals surface area contributed by atoms with Crippen LogP contribution in [-0.4, -0.2) is 42.1 Å². The number of aromatic nitrogens is 5. The van der Waals surface area contributed by atoms with Gasteiger partial charge in [-0.05, 0) is 38.8 Å². The summed E-state index contributed by atoms with van der Waals surface area (Å²) < 4.78 is 3.64. The van der Waals surface area contributed by atoms with E-state index in [1.807, 2.05) is 48.7 Å². The fraction of sp³-hybridized carbons (Fsp3) is 0.381. The summed E-state index contributed by atoms with van der Waals surface area (Å²) >= 11 is 1.30. The summed E-state index contributed by atoms with van der Waals surface area (Å²) in [5.74, 6) is 1.49. The highest BCUT2D eigenvalue weighted by molar-refractivity contribution is 7.99. The Morgan fingerprint density at radius 2 is 1.94 bits per heavy atom. The van der Waals surface area contributed by atoms with Crippen LogP contribution < -0.4 is 11.1 Å². The number of hydrogen-bond donors (Lipinski definition) is 2. The Kier molecular flexibility index (Phi) is 6.08. The summed E-state index contributed by atoms with van der Waals surface area (Å²) in [5, 5.41) is 16.6. The minimum Gasteiger partial charge on any atom is -0.370 e. The number of benzene rings is 1. The lowest BCUT2D eigenvalue weighted by molar-refractivity contribution is -0.118. The van der Waals surface area contributed by atoms with E-state index >= 15 is 0 Å². The zero-order valence-electron chi connectivity index (χ0n) is 17.5. The lowest BCUT2D eigenvalue weighted by atomic mass is 10.2. The summed E-state index contributed by atoms with van der Waals surface area (Å²) in [6, 6.07) is 9.77. The van der Waals surface area contributed by atoms with Gasteiger partial charge in [0.15, 0.2) is 5.16 Å². The number of nitrogens with zero attached hydrogens (tertiary/aromatic N) is 5. The fourth-order valence-corrected chi connectivity index (χ4v) is 4.03. The van der Waals surface area contributed by atoms with Crippen molar-refractivity contribution in [1.82, 2.24) is 24.5 Å². The first-order valence-corrected chi connectivity index (χ1v) is 11.2. The Morgan fingerprint density at radius 1 is 1.19 bits per heavy atom. The van der Waals surface area contributed by atoms with Crippen molar-refractivity contribution in [2.45, 2.75) is 50.7 Å². The van der Waals surface area contributed by atoms with Crippen LogP contribution in [0.1, 0.15) is 42.3 Å². The van der Waals surface area contributed by atoms with Crippen LogP contribution in [0.5, 0.6) is 0 Å². The Hall–Kier alpha value is -3.14. The average molecular weight is 440 g/mol. The SMILES string of the molecule is Cc1ccc(-n2nc(C)cc2NC(=O)CSc2nnc(C3CC3)n2CCC(N)=O)cc1. The van der Waals surface area contributed by atoms with Crippen molar-refractivity contribution in [3.63, 3.8) is 0 Å². The van der Waals surface area contributed by atoms with Crippen molar-refractivity contribution in [3.05, 3.63) is 47.4 Å². The lowest BCUT2D eigenvalue weighted by Gasteiger charge is -2.10. The third-order valence-corrected chi connectivity index (χ3v) is 5.95. The normalized spacial score (nSPS) is 13.4. The zero-order chi connectivity index (χ0) is 22.0. The van der Waals surface area contributed by atoms with Gasteiger partial charge in [-0.25, -0.2) is 4.68 Å². The van der Waals surface area contributed by atoms with Crippen LogP contribution in [0.2, 0.25) is 0 Å². The van der Waals surface area contributed by atoms with Crippen LogP contribution in [-0.2, 0) is 16.1 Å². The molecule has 0 radical (unpaired) electrons. The topological polar surface area (TPSA) is 121 Å². The van der Waals surface area contributed by atoms with Crippen molar-refractivity contribution in [3.8, 4) is 5.69 Å². The Morgan fingerprint density at radius 3 is 2.61 bits per heavy atom. The Labute approximate surface area is 184 Å². The van der Waals surface area contributed by atoms with E-state index in [1.165, 1.54) is 11.8 Å². The second kappa shape index (κ2) is 8.93. The zero-order valence-corrected chi connectivity index (χ0v) is 18.4. The van der Waals surface area contributed by atoms with E-state index in [0.29, 0.717) is 23.4 Å². The maximum Gasteiger partial charge on any atom is 0.236 e. The molecule has 2 amide bonds. The van der Waals surface area contributed by atoms with Crippen molar-refractivity contribution in [2.75, 3.05) is 11.1 Å². The largest absolute Gasteiger partial charge is 0.370 e. The summed E-state index contributed by atoms with van der Waals surface area (Å²) in [5.41, 5.74) is 8.15. The van der Waals surface area contributed by atoms with Crippen LogP contribution in [0.4, 0.5) is 5.82 Å². The molecular weight excluding hydrogens is 414 g/mol. The molecule has 162 valence electrons. The minimum atomic E-state index is -0.371. The predicted molar refractivity (Wildman–Crippen MR) is 118 cm³/mol. The second-order valence-corrected chi connectivity index (χ2v) is 8.68. The molecule has 4 rings (SSSR count). The van der Waals surface area contributed by atoms with Crippen molar-refractivity contribution >= 4 is 29.4 Å². The van der Waals surface area contributed by atoms with Gasteiger partial charge in [-0.1, -0.05) is 29.5 Å². The third-order valence-electron chi connectivity index (χ3n) is 4.98. The standard InChI is InChI=1S/C21H25N7O2S/c1-13-3-7-16(8-4-13)28-18(11-14(2)26-28)23-19(30)12-31-21-25-24-20(15-5-6-15)27(21)10-9-17(22)29/h3-4,7-8,11,15H,5-6,9-10,12H2,1-2H3,(H2,22,29)(H,23,30). The molecule has 0 aliphatic heterocycles.